The molecule has 0 bridgehead atoms. The van der Waals surface area contributed by atoms with Gasteiger partial charge in [-0.2, -0.15) is 0 Å². The molecule has 126 valence electrons. The van der Waals surface area contributed by atoms with E-state index in [1.54, 1.807) is 17.0 Å². The second kappa shape index (κ2) is 7.72. The van der Waals surface area contributed by atoms with Gasteiger partial charge in [-0.3, -0.25) is 14.9 Å². The van der Waals surface area contributed by atoms with Gasteiger partial charge in [-0.15, -0.1) is 12.4 Å². The maximum Gasteiger partial charge on any atom is 0.269 e. The van der Waals surface area contributed by atoms with Crippen LogP contribution in [0.3, 0.4) is 0 Å². The summed E-state index contributed by atoms with van der Waals surface area (Å²) in [5.74, 6) is 0.0696. The lowest BCUT2D eigenvalue weighted by atomic mass is 9.98. The van der Waals surface area contributed by atoms with Crippen LogP contribution in [0.4, 0.5) is 5.69 Å². The highest BCUT2D eigenvalue weighted by molar-refractivity contribution is 5.85. The van der Waals surface area contributed by atoms with Crippen molar-refractivity contribution in [2.24, 2.45) is 0 Å². The van der Waals surface area contributed by atoms with E-state index in [0.717, 1.165) is 24.1 Å². The van der Waals surface area contributed by atoms with Crippen molar-refractivity contribution >= 4 is 24.0 Å². The first kappa shape index (κ1) is 17.7. The molecule has 0 saturated carbocycles. The number of non-ortho nitro benzene ring substituents is 1. The largest absolute Gasteiger partial charge is 0.378 e. The molecule has 1 N–H and O–H groups in total. The van der Waals surface area contributed by atoms with Crippen LogP contribution < -0.4 is 5.32 Å². The van der Waals surface area contributed by atoms with E-state index in [4.69, 9.17) is 4.74 Å². The molecule has 3 rings (SSSR count). The molecule has 0 spiro atoms. The van der Waals surface area contributed by atoms with Gasteiger partial charge in [0.15, 0.2) is 0 Å². The van der Waals surface area contributed by atoms with Gasteiger partial charge >= 0.3 is 0 Å². The number of rotatable bonds is 3. The Morgan fingerprint density at radius 2 is 2.26 bits per heavy atom. The standard InChI is InChI=1S/C15H19N3O4.ClH/c19-15(8-13-10-22-6-4-16-13)17-5-3-11-1-2-14(18(20)21)7-12(11)9-17;/h1-2,7,13,16H,3-6,8-10H2;1H. The van der Waals surface area contributed by atoms with Gasteiger partial charge in [0.1, 0.15) is 0 Å². The number of hydrogen-bond acceptors (Lipinski definition) is 5. The van der Waals surface area contributed by atoms with E-state index in [0.29, 0.717) is 32.7 Å². The van der Waals surface area contributed by atoms with E-state index in [-0.39, 0.29) is 30.0 Å². The fourth-order valence-electron chi connectivity index (χ4n) is 2.96. The Hall–Kier alpha value is -1.70. The minimum absolute atomic E-state index is 0. The van der Waals surface area contributed by atoms with Gasteiger partial charge in [0, 0.05) is 44.2 Å². The Morgan fingerprint density at radius 1 is 1.43 bits per heavy atom. The van der Waals surface area contributed by atoms with Gasteiger partial charge in [0.05, 0.1) is 18.1 Å². The third-order valence-corrected chi connectivity index (χ3v) is 4.19. The number of nitrogens with zero attached hydrogens (tertiary/aromatic N) is 2. The van der Waals surface area contributed by atoms with Crippen molar-refractivity contribution in [1.29, 1.82) is 0 Å². The summed E-state index contributed by atoms with van der Waals surface area (Å²) in [6.45, 7) is 3.13. The van der Waals surface area contributed by atoms with E-state index in [1.807, 2.05) is 0 Å². The molecule has 0 aliphatic carbocycles. The van der Waals surface area contributed by atoms with E-state index in [1.165, 1.54) is 6.07 Å². The maximum atomic E-state index is 12.4. The predicted octanol–water partition coefficient (Wildman–Crippen LogP) is 1.28. The molecule has 2 aliphatic rings. The number of halogens is 1. The minimum Gasteiger partial charge on any atom is -0.378 e. The van der Waals surface area contributed by atoms with Crippen molar-refractivity contribution in [3.8, 4) is 0 Å². The number of fused-ring (bicyclic) bond motifs is 1. The first-order chi connectivity index (χ1) is 10.6. The van der Waals surface area contributed by atoms with E-state index in [2.05, 4.69) is 5.32 Å². The second-order valence-corrected chi connectivity index (χ2v) is 5.71. The molecule has 1 aromatic carbocycles. The number of ether oxygens (including phenoxy) is 1. The highest BCUT2D eigenvalue weighted by atomic mass is 35.5. The monoisotopic (exact) mass is 341 g/mol. The number of nitrogens with one attached hydrogen (secondary N) is 1. The topological polar surface area (TPSA) is 84.7 Å². The number of carbonyl (C=O) groups is 1. The number of nitro benzene ring substituents is 1. The van der Waals surface area contributed by atoms with Crippen LogP contribution in [0.1, 0.15) is 17.5 Å². The second-order valence-electron chi connectivity index (χ2n) is 5.71. The Labute approximate surface area is 140 Å². The van der Waals surface area contributed by atoms with Crippen LogP contribution in [0.15, 0.2) is 18.2 Å². The number of benzene rings is 1. The summed E-state index contributed by atoms with van der Waals surface area (Å²) in [5, 5.41) is 14.1. The van der Waals surface area contributed by atoms with Crippen LogP contribution >= 0.6 is 12.4 Å². The van der Waals surface area contributed by atoms with Crippen LogP contribution in [0.25, 0.3) is 0 Å². The lowest BCUT2D eigenvalue weighted by Gasteiger charge is -2.31. The van der Waals surface area contributed by atoms with Crippen LogP contribution in [-0.4, -0.2) is 48.1 Å². The van der Waals surface area contributed by atoms with Crippen LogP contribution in [0.2, 0.25) is 0 Å². The zero-order valence-corrected chi connectivity index (χ0v) is 13.5. The average molecular weight is 342 g/mol. The Bertz CT molecular complexity index is 590. The molecule has 1 aromatic rings. The van der Waals surface area contributed by atoms with Crippen LogP contribution in [0, 0.1) is 10.1 Å². The number of amides is 1. The van der Waals surface area contributed by atoms with Gasteiger partial charge in [-0.25, -0.2) is 0 Å². The fourth-order valence-corrected chi connectivity index (χ4v) is 2.96. The average Bonchev–Trinajstić information content (AvgIpc) is 2.54. The molecule has 1 unspecified atom stereocenters. The summed E-state index contributed by atoms with van der Waals surface area (Å²) < 4.78 is 5.36. The van der Waals surface area contributed by atoms with Crippen molar-refractivity contribution in [1.82, 2.24) is 10.2 Å². The van der Waals surface area contributed by atoms with Crippen molar-refractivity contribution in [2.45, 2.75) is 25.4 Å². The molecule has 7 nitrogen and oxygen atoms in total. The Morgan fingerprint density at radius 3 is 2.96 bits per heavy atom. The lowest BCUT2D eigenvalue weighted by molar-refractivity contribution is -0.385. The summed E-state index contributed by atoms with van der Waals surface area (Å²) in [4.78, 5) is 24.6. The van der Waals surface area contributed by atoms with Crippen molar-refractivity contribution < 1.29 is 14.5 Å². The van der Waals surface area contributed by atoms with E-state index < -0.39 is 4.92 Å². The van der Waals surface area contributed by atoms with Crippen molar-refractivity contribution in [3.05, 3.63) is 39.4 Å². The molecule has 23 heavy (non-hydrogen) atoms. The van der Waals surface area contributed by atoms with Crippen LogP contribution in [0.5, 0.6) is 0 Å². The molecule has 1 fully saturated rings. The van der Waals surface area contributed by atoms with Gasteiger partial charge in [-0.1, -0.05) is 6.07 Å². The summed E-state index contributed by atoms with van der Waals surface area (Å²) in [6, 6.07) is 4.97. The van der Waals surface area contributed by atoms with Crippen molar-refractivity contribution in [2.75, 3.05) is 26.3 Å². The molecule has 0 aromatic heterocycles. The van der Waals surface area contributed by atoms with Gasteiger partial charge < -0.3 is 15.0 Å². The first-order valence-corrected chi connectivity index (χ1v) is 7.48. The molecule has 1 atom stereocenters. The quantitative estimate of drug-likeness (QED) is 0.661. The summed E-state index contributed by atoms with van der Waals surface area (Å²) in [6.07, 6.45) is 1.15. The molecular formula is C15H20ClN3O4. The minimum atomic E-state index is -0.398. The molecule has 0 radical (unpaired) electrons. The summed E-state index contributed by atoms with van der Waals surface area (Å²) >= 11 is 0. The van der Waals surface area contributed by atoms with Gasteiger partial charge in [0.2, 0.25) is 5.91 Å². The first-order valence-electron chi connectivity index (χ1n) is 7.48. The molecule has 2 heterocycles. The SMILES string of the molecule is Cl.O=C(CC1COCCN1)N1CCc2ccc([N+](=O)[O-])cc2C1. The Kier molecular flexibility index (Phi) is 5.92. The lowest BCUT2D eigenvalue weighted by Crippen LogP contribution is -2.46. The molecular weight excluding hydrogens is 322 g/mol. The van der Waals surface area contributed by atoms with E-state index >= 15 is 0 Å². The maximum absolute atomic E-state index is 12.4. The van der Waals surface area contributed by atoms with E-state index in [9.17, 15) is 14.9 Å². The molecule has 8 heteroatoms. The van der Waals surface area contributed by atoms with Crippen LogP contribution in [-0.2, 0) is 22.5 Å². The highest BCUT2D eigenvalue weighted by Crippen LogP contribution is 2.24. The predicted molar refractivity (Wildman–Crippen MR) is 86.7 cm³/mol. The normalized spacial score (nSPS) is 20.3. The third kappa shape index (κ3) is 4.19. The Balaban J connectivity index is 0.00000192. The molecule has 2 aliphatic heterocycles. The zero-order chi connectivity index (χ0) is 15.5. The van der Waals surface area contributed by atoms with Crippen molar-refractivity contribution in [3.63, 3.8) is 0 Å². The highest BCUT2D eigenvalue weighted by Gasteiger charge is 2.25. The van der Waals surface area contributed by atoms with Gasteiger partial charge in [-0.05, 0) is 17.5 Å². The number of morpholine rings is 1. The number of nitro groups is 1. The zero-order valence-electron chi connectivity index (χ0n) is 12.7. The number of hydrogen-bond donors (Lipinski definition) is 1. The van der Waals surface area contributed by atoms with Gasteiger partial charge in [0.25, 0.3) is 5.69 Å². The third-order valence-electron chi connectivity index (χ3n) is 4.19. The summed E-state index contributed by atoms with van der Waals surface area (Å²) in [5.41, 5.74) is 2.05. The summed E-state index contributed by atoms with van der Waals surface area (Å²) in [7, 11) is 0. The number of carbonyl (C=O) groups excluding carboxylic acids is 1. The smallest absolute Gasteiger partial charge is 0.269 e. The molecule has 1 amide bonds. The fraction of sp³-hybridized carbons (Fsp3) is 0.533. The molecule has 1 saturated heterocycles.